The van der Waals surface area contributed by atoms with Crippen LogP contribution in [0.3, 0.4) is 0 Å². The second-order valence-electron chi connectivity index (χ2n) is 8.44. The maximum Gasteiger partial charge on any atom is 0.252 e. The molecule has 3 rings (SSSR count). The quantitative estimate of drug-likeness (QED) is 0.733. The molecule has 0 bridgehead atoms. The summed E-state index contributed by atoms with van der Waals surface area (Å²) in [7, 11) is -0.693. The Kier molecular flexibility index (Phi) is 7.25. The first kappa shape index (κ1) is 22.5. The number of benzene rings is 1. The van der Waals surface area contributed by atoms with Crippen molar-refractivity contribution in [1.29, 1.82) is 0 Å². The summed E-state index contributed by atoms with van der Waals surface area (Å²) in [6.45, 7) is 2.76. The highest BCUT2D eigenvalue weighted by Crippen LogP contribution is 2.35. The number of halogens is 1. The van der Waals surface area contributed by atoms with Crippen LogP contribution in [0.2, 0.25) is 5.02 Å². The Bertz CT molecular complexity index is 830. The first-order chi connectivity index (χ1) is 13.8. The number of sulfonamides is 1. The second-order valence-corrected chi connectivity index (χ2v) is 11.0. The Balaban J connectivity index is 1.78. The molecule has 162 valence electrons. The van der Waals surface area contributed by atoms with Gasteiger partial charge < -0.3 is 5.32 Å². The van der Waals surface area contributed by atoms with Crippen molar-refractivity contribution in [2.75, 3.05) is 33.7 Å². The highest BCUT2D eigenvalue weighted by atomic mass is 35.5. The van der Waals surface area contributed by atoms with Crippen molar-refractivity contribution in [3.63, 3.8) is 0 Å². The van der Waals surface area contributed by atoms with Crippen molar-refractivity contribution < 1.29 is 13.2 Å². The fourth-order valence-corrected chi connectivity index (χ4v) is 5.70. The van der Waals surface area contributed by atoms with E-state index in [9.17, 15) is 13.2 Å². The molecule has 1 aliphatic carbocycles. The minimum absolute atomic E-state index is 0.00806. The predicted molar refractivity (Wildman–Crippen MR) is 116 cm³/mol. The van der Waals surface area contributed by atoms with Gasteiger partial charge >= 0.3 is 0 Å². The average Bonchev–Trinajstić information content (AvgIpc) is 2.73. The lowest BCUT2D eigenvalue weighted by Gasteiger charge is -2.48. The van der Waals surface area contributed by atoms with Crippen LogP contribution in [0.25, 0.3) is 0 Å². The smallest absolute Gasteiger partial charge is 0.252 e. The Morgan fingerprint density at radius 2 is 1.72 bits per heavy atom. The average molecular weight is 442 g/mol. The molecule has 1 N–H and O–H groups in total. The highest BCUT2D eigenvalue weighted by Gasteiger charge is 2.38. The van der Waals surface area contributed by atoms with E-state index in [-0.39, 0.29) is 26.9 Å². The molecule has 29 heavy (non-hydrogen) atoms. The van der Waals surface area contributed by atoms with E-state index >= 15 is 0 Å². The minimum Gasteiger partial charge on any atom is -0.350 e. The largest absolute Gasteiger partial charge is 0.350 e. The summed E-state index contributed by atoms with van der Waals surface area (Å²) in [5, 5.41) is 3.34. The first-order valence-electron chi connectivity index (χ1n) is 10.5. The summed E-state index contributed by atoms with van der Waals surface area (Å²) < 4.78 is 26.0. The van der Waals surface area contributed by atoms with Gasteiger partial charge in [0.2, 0.25) is 10.0 Å². The molecule has 8 heteroatoms. The number of nitrogens with zero attached hydrogens (tertiary/aromatic N) is 2. The summed E-state index contributed by atoms with van der Waals surface area (Å²) in [6, 6.07) is 4.29. The SMILES string of the molecule is CN(C)S(=O)(=O)c1ccc(Cl)c(C(=O)NCC2(N3CCCCC3)CCCCC2)c1. The van der Waals surface area contributed by atoms with Crippen LogP contribution in [0.15, 0.2) is 23.1 Å². The van der Waals surface area contributed by atoms with Gasteiger partial charge in [-0.15, -0.1) is 0 Å². The maximum absolute atomic E-state index is 13.0. The third-order valence-corrected chi connectivity index (χ3v) is 8.49. The molecule has 1 saturated heterocycles. The van der Waals surface area contributed by atoms with Crippen LogP contribution < -0.4 is 5.32 Å². The molecule has 2 fully saturated rings. The lowest BCUT2D eigenvalue weighted by molar-refractivity contribution is 0.0326. The van der Waals surface area contributed by atoms with Gasteiger partial charge in [0.1, 0.15) is 0 Å². The van der Waals surface area contributed by atoms with E-state index < -0.39 is 10.0 Å². The highest BCUT2D eigenvalue weighted by molar-refractivity contribution is 7.89. The van der Waals surface area contributed by atoms with Gasteiger partial charge in [0.25, 0.3) is 5.91 Å². The van der Waals surface area contributed by atoms with Gasteiger partial charge in [-0.1, -0.05) is 37.3 Å². The molecule has 0 atom stereocenters. The molecule has 0 unspecified atom stereocenters. The number of carbonyl (C=O) groups is 1. The maximum atomic E-state index is 13.0. The van der Waals surface area contributed by atoms with Crippen LogP contribution in [-0.2, 0) is 10.0 Å². The van der Waals surface area contributed by atoms with Crippen molar-refractivity contribution in [2.24, 2.45) is 0 Å². The molecule has 6 nitrogen and oxygen atoms in total. The number of carbonyl (C=O) groups excluding carboxylic acids is 1. The van der Waals surface area contributed by atoms with Crippen LogP contribution in [0.4, 0.5) is 0 Å². The second kappa shape index (κ2) is 9.33. The van der Waals surface area contributed by atoms with Crippen molar-refractivity contribution in [1.82, 2.24) is 14.5 Å². The Morgan fingerprint density at radius 3 is 2.34 bits per heavy atom. The van der Waals surface area contributed by atoms with E-state index in [1.165, 1.54) is 70.8 Å². The van der Waals surface area contributed by atoms with Crippen LogP contribution >= 0.6 is 11.6 Å². The number of rotatable bonds is 6. The fourth-order valence-electron chi connectivity index (χ4n) is 4.57. The van der Waals surface area contributed by atoms with E-state index in [2.05, 4.69) is 10.2 Å². The van der Waals surface area contributed by atoms with Crippen LogP contribution in [-0.4, -0.2) is 62.8 Å². The monoisotopic (exact) mass is 441 g/mol. The standard InChI is InChI=1S/C21H32ClN3O3S/c1-24(2)29(27,28)17-9-10-19(22)18(15-17)20(26)23-16-21(11-5-3-6-12-21)25-13-7-4-8-14-25/h9-10,15H,3-8,11-14,16H2,1-2H3,(H,23,26). The molecule has 1 aromatic rings. The van der Waals surface area contributed by atoms with Crippen LogP contribution in [0.5, 0.6) is 0 Å². The summed E-state index contributed by atoms with van der Waals surface area (Å²) >= 11 is 6.25. The van der Waals surface area contributed by atoms with Crippen molar-refractivity contribution in [2.45, 2.75) is 61.8 Å². The number of piperidine rings is 1. The van der Waals surface area contributed by atoms with E-state index in [1.807, 2.05) is 0 Å². The number of hydrogen-bond acceptors (Lipinski definition) is 4. The van der Waals surface area contributed by atoms with Crippen molar-refractivity contribution in [3.05, 3.63) is 28.8 Å². The molecule has 2 aliphatic rings. The molecular formula is C21H32ClN3O3S. The fraction of sp³-hybridized carbons (Fsp3) is 0.667. The predicted octanol–water partition coefficient (Wildman–Crippen LogP) is 3.51. The van der Waals surface area contributed by atoms with Crippen molar-refractivity contribution >= 4 is 27.5 Å². The third-order valence-electron chi connectivity index (χ3n) is 6.35. The lowest BCUT2D eigenvalue weighted by atomic mass is 9.79. The minimum atomic E-state index is -3.63. The lowest BCUT2D eigenvalue weighted by Crippen LogP contribution is -2.58. The molecule has 1 aromatic carbocycles. The number of hydrogen-bond donors (Lipinski definition) is 1. The third kappa shape index (κ3) is 4.95. The number of nitrogens with one attached hydrogen (secondary N) is 1. The van der Waals surface area contributed by atoms with E-state index in [0.29, 0.717) is 6.54 Å². The van der Waals surface area contributed by atoms with Crippen LogP contribution in [0, 0.1) is 0 Å². The zero-order chi connectivity index (χ0) is 21.1. The first-order valence-corrected chi connectivity index (χ1v) is 12.3. The zero-order valence-corrected chi connectivity index (χ0v) is 19.0. The molecule has 0 spiro atoms. The van der Waals surface area contributed by atoms with E-state index in [0.717, 1.165) is 30.2 Å². The molecule has 1 amide bonds. The van der Waals surface area contributed by atoms with E-state index in [1.54, 1.807) is 0 Å². The van der Waals surface area contributed by atoms with Gasteiger partial charge in [-0.05, 0) is 57.0 Å². The number of likely N-dealkylation sites (tertiary alicyclic amines) is 1. The molecule has 1 aliphatic heterocycles. The Hall–Kier alpha value is -1.15. The van der Waals surface area contributed by atoms with Gasteiger partial charge in [-0.25, -0.2) is 12.7 Å². The van der Waals surface area contributed by atoms with Gasteiger partial charge in [0.15, 0.2) is 0 Å². The van der Waals surface area contributed by atoms with Gasteiger partial charge in [0, 0.05) is 26.2 Å². The molecule has 0 radical (unpaired) electrons. The van der Waals surface area contributed by atoms with Gasteiger partial charge in [-0.3, -0.25) is 9.69 Å². The summed E-state index contributed by atoms with van der Waals surface area (Å²) in [6.07, 6.45) is 9.51. The molecule has 1 heterocycles. The van der Waals surface area contributed by atoms with E-state index in [4.69, 9.17) is 11.6 Å². The molecule has 0 aromatic heterocycles. The summed E-state index contributed by atoms with van der Waals surface area (Å²) in [5.74, 6) is -0.312. The molecular weight excluding hydrogens is 410 g/mol. The zero-order valence-electron chi connectivity index (χ0n) is 17.4. The Morgan fingerprint density at radius 1 is 1.10 bits per heavy atom. The van der Waals surface area contributed by atoms with Gasteiger partial charge in [-0.2, -0.15) is 0 Å². The summed E-state index contributed by atoms with van der Waals surface area (Å²) in [5.41, 5.74) is 0.216. The Labute approximate surface area is 179 Å². The number of amides is 1. The topological polar surface area (TPSA) is 69.7 Å². The van der Waals surface area contributed by atoms with Crippen molar-refractivity contribution in [3.8, 4) is 0 Å². The molecule has 1 saturated carbocycles. The summed E-state index contributed by atoms with van der Waals surface area (Å²) in [4.78, 5) is 15.6. The van der Waals surface area contributed by atoms with Gasteiger partial charge in [0.05, 0.1) is 15.5 Å². The van der Waals surface area contributed by atoms with Crippen LogP contribution in [0.1, 0.15) is 61.7 Å². The normalized spacial score (nSPS) is 20.6.